The molecule has 2 heterocycles. The Morgan fingerprint density at radius 1 is 1.18 bits per heavy atom. The van der Waals surface area contributed by atoms with Gasteiger partial charge in [-0.3, -0.25) is 4.90 Å². The summed E-state index contributed by atoms with van der Waals surface area (Å²) in [7, 11) is 0. The minimum atomic E-state index is -0.195. The molecule has 1 aliphatic heterocycles. The van der Waals surface area contributed by atoms with Crippen LogP contribution in [0.3, 0.4) is 0 Å². The molecule has 0 amide bonds. The lowest BCUT2D eigenvalue weighted by atomic mass is 10.1. The van der Waals surface area contributed by atoms with Gasteiger partial charge >= 0.3 is 0 Å². The third-order valence-electron chi connectivity index (χ3n) is 3.95. The molecule has 1 aromatic heterocycles. The summed E-state index contributed by atoms with van der Waals surface area (Å²) in [6, 6.07) is 8.32. The van der Waals surface area contributed by atoms with Crippen molar-refractivity contribution in [2.24, 2.45) is 0 Å². The normalized spacial score (nSPS) is 17.6. The number of hydrogen-bond donors (Lipinski definition) is 0. The first-order valence-electron chi connectivity index (χ1n) is 7.80. The van der Waals surface area contributed by atoms with Gasteiger partial charge in [0.2, 0.25) is 0 Å². The van der Waals surface area contributed by atoms with E-state index in [1.807, 2.05) is 24.6 Å². The summed E-state index contributed by atoms with van der Waals surface area (Å²) in [6.07, 6.45) is 0. The molecule has 2 aromatic rings. The van der Waals surface area contributed by atoms with Crippen LogP contribution in [0.5, 0.6) is 5.75 Å². The minimum Gasteiger partial charge on any atom is -0.486 e. The molecule has 0 fully saturated rings. The van der Waals surface area contributed by atoms with Gasteiger partial charge in [0.25, 0.3) is 0 Å². The number of benzene rings is 1. The van der Waals surface area contributed by atoms with E-state index in [-0.39, 0.29) is 5.60 Å². The zero-order valence-corrected chi connectivity index (χ0v) is 13.8. The van der Waals surface area contributed by atoms with Crippen molar-refractivity contribution in [3.8, 4) is 5.75 Å². The van der Waals surface area contributed by atoms with Gasteiger partial charge in [0.15, 0.2) is 0 Å². The van der Waals surface area contributed by atoms with Gasteiger partial charge in [-0.25, -0.2) is 9.67 Å². The Bertz CT molecular complexity index is 662. The van der Waals surface area contributed by atoms with Crippen molar-refractivity contribution in [1.82, 2.24) is 19.7 Å². The van der Waals surface area contributed by atoms with Crippen molar-refractivity contribution < 1.29 is 4.74 Å². The molecule has 0 saturated heterocycles. The van der Waals surface area contributed by atoms with Crippen molar-refractivity contribution in [1.29, 1.82) is 0 Å². The number of aryl methyl sites for hydroxylation is 2. The smallest absolute Gasteiger partial charge is 0.147 e. The maximum atomic E-state index is 6.18. The van der Waals surface area contributed by atoms with Crippen LogP contribution in [0.15, 0.2) is 24.3 Å². The molecule has 0 radical (unpaired) electrons. The van der Waals surface area contributed by atoms with E-state index >= 15 is 0 Å². The monoisotopic (exact) mass is 300 g/mol. The van der Waals surface area contributed by atoms with Crippen molar-refractivity contribution in [3.63, 3.8) is 0 Å². The molecule has 0 unspecified atom stereocenters. The van der Waals surface area contributed by atoms with E-state index < -0.39 is 0 Å². The summed E-state index contributed by atoms with van der Waals surface area (Å²) in [6.45, 7) is 11.8. The van der Waals surface area contributed by atoms with Gasteiger partial charge in [-0.15, -0.1) is 0 Å². The summed E-state index contributed by atoms with van der Waals surface area (Å²) in [4.78, 5) is 6.80. The van der Waals surface area contributed by atoms with Crippen LogP contribution in [0.4, 0.5) is 0 Å². The quantitative estimate of drug-likeness (QED) is 0.874. The van der Waals surface area contributed by atoms with Crippen LogP contribution in [0.25, 0.3) is 0 Å². The zero-order valence-electron chi connectivity index (χ0n) is 13.8. The van der Waals surface area contributed by atoms with E-state index in [1.165, 1.54) is 5.56 Å². The molecule has 118 valence electrons. The van der Waals surface area contributed by atoms with E-state index in [0.29, 0.717) is 0 Å². The average Bonchev–Trinajstić information content (AvgIpc) is 2.68. The molecule has 5 nitrogen and oxygen atoms in total. The molecule has 0 bridgehead atoms. The van der Waals surface area contributed by atoms with Gasteiger partial charge in [0.05, 0.1) is 6.54 Å². The van der Waals surface area contributed by atoms with Crippen molar-refractivity contribution in [2.45, 2.75) is 46.4 Å². The maximum absolute atomic E-state index is 6.18. The topological polar surface area (TPSA) is 43.2 Å². The summed E-state index contributed by atoms with van der Waals surface area (Å²) in [5.41, 5.74) is 1.06. The molecule has 0 spiro atoms. The van der Waals surface area contributed by atoms with Gasteiger partial charge in [-0.1, -0.05) is 18.2 Å². The Labute approximate surface area is 131 Å². The fourth-order valence-corrected chi connectivity index (χ4v) is 3.07. The zero-order chi connectivity index (χ0) is 15.7. The highest BCUT2D eigenvalue weighted by Gasteiger charge is 2.28. The van der Waals surface area contributed by atoms with Crippen LogP contribution >= 0.6 is 0 Å². The second-order valence-corrected chi connectivity index (χ2v) is 6.61. The Hall–Kier alpha value is -1.88. The fraction of sp³-hybridized carbons (Fsp3) is 0.529. The van der Waals surface area contributed by atoms with Crippen LogP contribution in [-0.2, 0) is 13.1 Å². The SMILES string of the molecule is Cc1nc(C)n(CCN2Cc3ccccc3OC(C)(C)C2)n1. The first-order chi connectivity index (χ1) is 10.4. The molecule has 1 aliphatic rings. The molecule has 3 rings (SSSR count). The predicted octanol–water partition coefficient (Wildman–Crippen LogP) is 2.57. The minimum absolute atomic E-state index is 0.195. The number of hydrogen-bond acceptors (Lipinski definition) is 4. The third kappa shape index (κ3) is 3.30. The molecule has 0 atom stereocenters. The van der Waals surface area contributed by atoms with Gasteiger partial charge in [-0.2, -0.15) is 5.10 Å². The first-order valence-corrected chi connectivity index (χ1v) is 7.80. The number of rotatable bonds is 3. The molecular weight excluding hydrogens is 276 g/mol. The van der Waals surface area contributed by atoms with Crippen LogP contribution in [-0.4, -0.2) is 38.4 Å². The maximum Gasteiger partial charge on any atom is 0.147 e. The predicted molar refractivity (Wildman–Crippen MR) is 85.9 cm³/mol. The first kappa shape index (κ1) is 15.0. The van der Waals surface area contributed by atoms with Crippen LogP contribution in [0.1, 0.15) is 31.1 Å². The Morgan fingerprint density at radius 3 is 2.68 bits per heavy atom. The lowest BCUT2D eigenvalue weighted by Gasteiger charge is -2.29. The molecule has 1 aromatic carbocycles. The van der Waals surface area contributed by atoms with Gasteiger partial charge in [-0.05, 0) is 33.8 Å². The van der Waals surface area contributed by atoms with E-state index in [1.54, 1.807) is 0 Å². The molecule has 0 aliphatic carbocycles. The summed E-state index contributed by atoms with van der Waals surface area (Å²) in [5, 5.41) is 4.45. The van der Waals surface area contributed by atoms with Gasteiger partial charge in [0, 0.05) is 25.2 Å². The number of aromatic nitrogens is 3. The largest absolute Gasteiger partial charge is 0.486 e. The van der Waals surface area contributed by atoms with Crippen molar-refractivity contribution >= 4 is 0 Å². The van der Waals surface area contributed by atoms with E-state index in [0.717, 1.165) is 43.6 Å². The highest BCUT2D eigenvalue weighted by molar-refractivity contribution is 5.34. The number of ether oxygens (including phenoxy) is 1. The lowest BCUT2D eigenvalue weighted by molar-refractivity contribution is 0.0693. The van der Waals surface area contributed by atoms with E-state index in [4.69, 9.17) is 4.74 Å². The fourth-order valence-electron chi connectivity index (χ4n) is 3.07. The third-order valence-corrected chi connectivity index (χ3v) is 3.95. The highest BCUT2D eigenvalue weighted by Crippen LogP contribution is 2.28. The number of fused-ring (bicyclic) bond motifs is 1. The van der Waals surface area contributed by atoms with E-state index in [9.17, 15) is 0 Å². The number of para-hydroxylation sites is 1. The number of nitrogens with zero attached hydrogens (tertiary/aromatic N) is 4. The van der Waals surface area contributed by atoms with Crippen LogP contribution in [0.2, 0.25) is 0 Å². The highest BCUT2D eigenvalue weighted by atomic mass is 16.5. The molecular formula is C17H24N4O. The van der Waals surface area contributed by atoms with Gasteiger partial charge < -0.3 is 4.74 Å². The second-order valence-electron chi connectivity index (χ2n) is 6.61. The molecule has 5 heteroatoms. The molecule has 22 heavy (non-hydrogen) atoms. The van der Waals surface area contributed by atoms with Gasteiger partial charge in [0.1, 0.15) is 23.0 Å². The lowest BCUT2D eigenvalue weighted by Crippen LogP contribution is -2.41. The Balaban J connectivity index is 1.75. The molecule has 0 saturated carbocycles. The summed E-state index contributed by atoms with van der Waals surface area (Å²) >= 11 is 0. The summed E-state index contributed by atoms with van der Waals surface area (Å²) in [5.74, 6) is 2.81. The van der Waals surface area contributed by atoms with Crippen molar-refractivity contribution in [2.75, 3.05) is 13.1 Å². The molecule has 0 N–H and O–H groups in total. The van der Waals surface area contributed by atoms with E-state index in [2.05, 4.69) is 47.0 Å². The Kier molecular flexibility index (Phi) is 3.91. The standard InChI is InChI=1S/C17H24N4O/c1-13-18-14(2)21(19-13)10-9-20-11-15-7-5-6-8-16(15)22-17(3,4)12-20/h5-8H,9-12H2,1-4H3. The second kappa shape index (κ2) is 5.72. The Morgan fingerprint density at radius 2 is 1.95 bits per heavy atom. The van der Waals surface area contributed by atoms with Crippen LogP contribution < -0.4 is 4.74 Å². The average molecular weight is 300 g/mol. The van der Waals surface area contributed by atoms with Crippen molar-refractivity contribution in [3.05, 3.63) is 41.5 Å². The summed E-state index contributed by atoms with van der Waals surface area (Å²) < 4.78 is 8.16. The van der Waals surface area contributed by atoms with Crippen LogP contribution in [0, 0.1) is 13.8 Å².